The predicted molar refractivity (Wildman–Crippen MR) is 258 cm³/mol. The molecule has 0 aliphatic carbocycles. The summed E-state index contributed by atoms with van der Waals surface area (Å²) < 4.78 is 9.03. The smallest absolute Gasteiger partial charge is 0.164 e. The Labute approximate surface area is 363 Å². The Morgan fingerprint density at radius 1 is 0.349 bits per heavy atom. The lowest BCUT2D eigenvalue weighted by atomic mass is 10.0. The number of fused-ring (bicyclic) bond motifs is 6. The first-order valence-electron chi connectivity index (χ1n) is 21.1. The Morgan fingerprint density at radius 2 is 0.905 bits per heavy atom. The first kappa shape index (κ1) is 36.3. The molecule has 3 aromatic heterocycles. The Bertz CT molecular complexity index is 3600. The molecule has 0 aliphatic rings. The number of aromatic nitrogens is 4. The van der Waals surface area contributed by atoms with Crippen molar-refractivity contribution in [1.82, 2.24) is 19.5 Å². The second-order valence-corrected chi connectivity index (χ2v) is 15.6. The molecule has 0 saturated carbocycles. The SMILES string of the molecule is c1ccc(-c2ccc(N(c3ccccc3)c3ccc4c(c3)oc3cccc(-c5nc(-c6ccccc6)nc(-c6ccc7c8ccccc8n(-c8ccccc8)c7c6)n5)c34)cc2)cc1. The molecular formula is C57H37N5O. The van der Waals surface area contributed by atoms with E-state index in [2.05, 4.69) is 173 Å². The van der Waals surface area contributed by atoms with Gasteiger partial charge < -0.3 is 13.9 Å². The zero-order valence-corrected chi connectivity index (χ0v) is 34.0. The number of hydrogen-bond donors (Lipinski definition) is 0. The highest BCUT2D eigenvalue weighted by Crippen LogP contribution is 2.42. The van der Waals surface area contributed by atoms with E-state index in [-0.39, 0.29) is 0 Å². The van der Waals surface area contributed by atoms with Gasteiger partial charge in [0.05, 0.1) is 11.0 Å². The summed E-state index contributed by atoms with van der Waals surface area (Å²) in [7, 11) is 0. The molecule has 0 atom stereocenters. The maximum absolute atomic E-state index is 6.72. The molecule has 0 saturated heterocycles. The number of benzene rings is 9. The van der Waals surface area contributed by atoms with E-state index in [1.54, 1.807) is 0 Å². The van der Waals surface area contributed by atoms with Crippen molar-refractivity contribution in [3.8, 4) is 51.0 Å². The summed E-state index contributed by atoms with van der Waals surface area (Å²) in [6, 6.07) is 77.9. The minimum atomic E-state index is 0.573. The van der Waals surface area contributed by atoms with Crippen LogP contribution >= 0.6 is 0 Å². The third kappa shape index (κ3) is 6.40. The Balaban J connectivity index is 1.01. The normalized spacial score (nSPS) is 11.5. The topological polar surface area (TPSA) is 60.0 Å². The highest BCUT2D eigenvalue weighted by Gasteiger charge is 2.21. The molecule has 296 valence electrons. The Morgan fingerprint density at radius 3 is 1.67 bits per heavy atom. The maximum Gasteiger partial charge on any atom is 0.164 e. The predicted octanol–water partition coefficient (Wildman–Crippen LogP) is 15.0. The number of furan rings is 1. The van der Waals surface area contributed by atoms with E-state index >= 15 is 0 Å². The largest absolute Gasteiger partial charge is 0.456 e. The first-order chi connectivity index (χ1) is 31.2. The highest BCUT2D eigenvalue weighted by atomic mass is 16.3. The lowest BCUT2D eigenvalue weighted by Gasteiger charge is -2.25. The van der Waals surface area contributed by atoms with Crippen LogP contribution in [-0.2, 0) is 0 Å². The zero-order valence-electron chi connectivity index (χ0n) is 34.0. The van der Waals surface area contributed by atoms with Gasteiger partial charge in [0.15, 0.2) is 17.5 Å². The van der Waals surface area contributed by atoms with E-state index < -0.39 is 0 Å². The molecule has 0 fully saturated rings. The second-order valence-electron chi connectivity index (χ2n) is 15.6. The van der Waals surface area contributed by atoms with Crippen LogP contribution in [0.4, 0.5) is 17.1 Å². The van der Waals surface area contributed by atoms with Crippen molar-refractivity contribution in [3.63, 3.8) is 0 Å². The van der Waals surface area contributed by atoms with E-state index in [9.17, 15) is 0 Å². The van der Waals surface area contributed by atoms with Gasteiger partial charge in [0.2, 0.25) is 0 Å². The van der Waals surface area contributed by atoms with Crippen LogP contribution in [0.3, 0.4) is 0 Å². The standard InChI is InChI=1S/C57H37N5O/c1-5-16-38(17-6-1)39-28-31-44(32-29-39)61(42-20-9-3-10-21-42)45-33-35-48-53(37-45)63-52-27-15-25-49(54(48)52)57-59-55(40-18-7-2-8-19-40)58-56(60-57)41-30-34-47-46-24-13-14-26-50(46)62(51(47)36-41)43-22-11-4-12-23-43/h1-37H. The van der Waals surface area contributed by atoms with Gasteiger partial charge >= 0.3 is 0 Å². The molecule has 0 radical (unpaired) electrons. The zero-order chi connectivity index (χ0) is 41.7. The number of nitrogens with zero attached hydrogens (tertiary/aromatic N) is 5. The van der Waals surface area contributed by atoms with Crippen molar-refractivity contribution in [2.75, 3.05) is 4.90 Å². The van der Waals surface area contributed by atoms with Crippen LogP contribution in [0.25, 0.3) is 94.7 Å². The molecule has 9 aromatic carbocycles. The highest BCUT2D eigenvalue weighted by molar-refractivity contribution is 6.13. The number of para-hydroxylation sites is 3. The number of anilines is 3. The number of hydrogen-bond acceptors (Lipinski definition) is 5. The molecular weight excluding hydrogens is 771 g/mol. The molecule has 6 nitrogen and oxygen atoms in total. The average molecular weight is 808 g/mol. The van der Waals surface area contributed by atoms with Gasteiger partial charge in [0, 0.05) is 67.1 Å². The molecule has 63 heavy (non-hydrogen) atoms. The molecule has 0 N–H and O–H groups in total. The van der Waals surface area contributed by atoms with E-state index in [0.717, 1.165) is 72.4 Å². The summed E-state index contributed by atoms with van der Waals surface area (Å²) in [4.78, 5) is 17.9. The van der Waals surface area contributed by atoms with Crippen molar-refractivity contribution in [1.29, 1.82) is 0 Å². The van der Waals surface area contributed by atoms with Gasteiger partial charge in [0.25, 0.3) is 0 Å². The quantitative estimate of drug-likeness (QED) is 0.153. The minimum Gasteiger partial charge on any atom is -0.456 e. The lowest BCUT2D eigenvalue weighted by molar-refractivity contribution is 0.669. The lowest BCUT2D eigenvalue weighted by Crippen LogP contribution is -2.09. The summed E-state index contributed by atoms with van der Waals surface area (Å²) >= 11 is 0. The molecule has 0 spiro atoms. The number of rotatable bonds is 8. The Kier molecular flexibility index (Phi) is 8.71. The third-order valence-electron chi connectivity index (χ3n) is 11.8. The maximum atomic E-state index is 6.72. The molecule has 3 heterocycles. The van der Waals surface area contributed by atoms with Crippen LogP contribution in [0.5, 0.6) is 0 Å². The van der Waals surface area contributed by atoms with Gasteiger partial charge in [-0.15, -0.1) is 0 Å². The van der Waals surface area contributed by atoms with Crippen molar-refractivity contribution >= 4 is 60.8 Å². The fraction of sp³-hybridized carbons (Fsp3) is 0. The van der Waals surface area contributed by atoms with Crippen LogP contribution in [0.2, 0.25) is 0 Å². The van der Waals surface area contributed by atoms with Crippen LogP contribution < -0.4 is 4.90 Å². The molecule has 6 heteroatoms. The second kappa shape index (κ2) is 15.1. The van der Waals surface area contributed by atoms with Crippen molar-refractivity contribution in [2.45, 2.75) is 0 Å². The molecule has 12 rings (SSSR count). The van der Waals surface area contributed by atoms with E-state index in [4.69, 9.17) is 19.4 Å². The van der Waals surface area contributed by atoms with Crippen LogP contribution in [0, 0.1) is 0 Å². The monoisotopic (exact) mass is 807 g/mol. The van der Waals surface area contributed by atoms with Gasteiger partial charge in [-0.05, 0) is 77.9 Å². The fourth-order valence-corrected chi connectivity index (χ4v) is 8.90. The van der Waals surface area contributed by atoms with E-state index in [1.807, 2.05) is 60.7 Å². The molecule has 12 aromatic rings. The van der Waals surface area contributed by atoms with Gasteiger partial charge in [-0.1, -0.05) is 152 Å². The van der Waals surface area contributed by atoms with Gasteiger partial charge in [-0.25, -0.2) is 15.0 Å². The molecule has 0 bridgehead atoms. The summed E-state index contributed by atoms with van der Waals surface area (Å²) in [5, 5.41) is 4.29. The van der Waals surface area contributed by atoms with Crippen LogP contribution in [0.15, 0.2) is 229 Å². The Hall–Kier alpha value is -8.61. The summed E-state index contributed by atoms with van der Waals surface area (Å²) in [6.07, 6.45) is 0. The van der Waals surface area contributed by atoms with Crippen LogP contribution in [-0.4, -0.2) is 19.5 Å². The summed E-state index contributed by atoms with van der Waals surface area (Å²) in [5.74, 6) is 1.77. The van der Waals surface area contributed by atoms with Gasteiger partial charge in [0.1, 0.15) is 11.2 Å². The minimum absolute atomic E-state index is 0.573. The summed E-state index contributed by atoms with van der Waals surface area (Å²) in [6.45, 7) is 0. The molecule has 0 amide bonds. The fourth-order valence-electron chi connectivity index (χ4n) is 8.90. The van der Waals surface area contributed by atoms with Crippen molar-refractivity contribution in [2.24, 2.45) is 0 Å². The van der Waals surface area contributed by atoms with E-state index in [0.29, 0.717) is 17.5 Å². The van der Waals surface area contributed by atoms with Crippen molar-refractivity contribution in [3.05, 3.63) is 224 Å². The molecule has 0 unspecified atom stereocenters. The molecule has 0 aliphatic heterocycles. The average Bonchev–Trinajstić information content (AvgIpc) is 3.90. The van der Waals surface area contributed by atoms with Gasteiger partial charge in [-0.2, -0.15) is 0 Å². The third-order valence-corrected chi connectivity index (χ3v) is 11.8. The summed E-state index contributed by atoms with van der Waals surface area (Å²) in [5.41, 5.74) is 13.0. The van der Waals surface area contributed by atoms with Crippen molar-refractivity contribution < 1.29 is 4.42 Å². The van der Waals surface area contributed by atoms with Crippen LogP contribution in [0.1, 0.15) is 0 Å². The first-order valence-corrected chi connectivity index (χ1v) is 21.1. The van der Waals surface area contributed by atoms with Gasteiger partial charge in [-0.3, -0.25) is 0 Å². The van der Waals surface area contributed by atoms with E-state index in [1.165, 1.54) is 21.9 Å².